The molecule has 6 heteroatoms. The number of hydrogen-bond donors (Lipinski definition) is 2. The molecule has 1 aliphatic rings. The molecule has 3 aromatic carbocycles. The third-order valence-electron chi connectivity index (χ3n) is 4.73. The minimum atomic E-state index is -0.377. The Morgan fingerprint density at radius 3 is 2.38 bits per heavy atom. The van der Waals surface area contributed by atoms with Gasteiger partial charge in [-0.15, -0.1) is 0 Å². The number of carbonyl (C=O) groups excluding carboxylic acids is 2. The van der Waals surface area contributed by atoms with Crippen LogP contribution in [-0.4, -0.2) is 24.6 Å². The molecular weight excluding hydrogens is 366 g/mol. The lowest BCUT2D eigenvalue weighted by atomic mass is 9.99. The molecule has 1 heterocycles. The Bertz CT molecular complexity index is 1090. The van der Waals surface area contributed by atoms with Crippen molar-refractivity contribution in [3.8, 4) is 5.75 Å². The molecule has 4 rings (SSSR count). The number of hydrazone groups is 1. The Kier molecular flexibility index (Phi) is 5.07. The second kappa shape index (κ2) is 7.98. The Hall–Kier alpha value is -3.93. The average Bonchev–Trinajstić information content (AvgIpc) is 3.09. The maximum absolute atomic E-state index is 12.6. The van der Waals surface area contributed by atoms with Gasteiger partial charge in [0.1, 0.15) is 5.75 Å². The second-order valence-electron chi connectivity index (χ2n) is 6.55. The highest BCUT2D eigenvalue weighted by molar-refractivity contribution is 6.54. The van der Waals surface area contributed by atoms with Gasteiger partial charge in [0.2, 0.25) is 0 Å². The number of nitrogens with zero attached hydrogens (tertiary/aromatic N) is 1. The zero-order chi connectivity index (χ0) is 20.2. The van der Waals surface area contributed by atoms with E-state index in [9.17, 15) is 9.59 Å². The number of methoxy groups -OCH3 is 1. The normalized spacial score (nSPS) is 13.7. The first kappa shape index (κ1) is 18.4. The first-order valence-electron chi connectivity index (χ1n) is 9.16. The van der Waals surface area contributed by atoms with Gasteiger partial charge in [-0.1, -0.05) is 48.5 Å². The fraction of sp³-hybridized carbons (Fsp3) is 0.0870. The maximum atomic E-state index is 12.6. The van der Waals surface area contributed by atoms with Crippen molar-refractivity contribution in [1.29, 1.82) is 0 Å². The number of fused-ring (bicyclic) bond motifs is 1. The summed E-state index contributed by atoms with van der Waals surface area (Å²) in [5.41, 5.74) is 6.35. The summed E-state index contributed by atoms with van der Waals surface area (Å²) in [6, 6.07) is 22.2. The molecule has 3 aromatic rings. The van der Waals surface area contributed by atoms with Crippen molar-refractivity contribution in [2.24, 2.45) is 5.10 Å². The highest BCUT2D eigenvalue weighted by Gasteiger charge is 2.30. The number of hydrogen-bond acceptors (Lipinski definition) is 4. The summed E-state index contributed by atoms with van der Waals surface area (Å²) in [6.45, 7) is 0. The predicted molar refractivity (Wildman–Crippen MR) is 111 cm³/mol. The minimum Gasteiger partial charge on any atom is -0.496 e. The first-order chi connectivity index (χ1) is 14.2. The summed E-state index contributed by atoms with van der Waals surface area (Å²) in [7, 11) is 1.60. The number of ether oxygens (including phenoxy) is 1. The fourth-order valence-electron chi connectivity index (χ4n) is 3.30. The molecule has 1 aliphatic heterocycles. The van der Waals surface area contributed by atoms with Crippen LogP contribution < -0.4 is 15.5 Å². The van der Waals surface area contributed by atoms with Crippen molar-refractivity contribution in [3.05, 3.63) is 95.1 Å². The topological polar surface area (TPSA) is 79.8 Å². The number of nitrogens with one attached hydrogen (secondary N) is 2. The number of anilines is 1. The van der Waals surface area contributed by atoms with Crippen LogP contribution in [0.4, 0.5) is 5.69 Å². The number of carbonyl (C=O) groups is 2. The molecule has 0 atom stereocenters. The number of rotatable bonds is 5. The summed E-state index contributed by atoms with van der Waals surface area (Å²) in [6.07, 6.45) is 0.594. The van der Waals surface area contributed by atoms with E-state index in [-0.39, 0.29) is 17.5 Å². The fourth-order valence-corrected chi connectivity index (χ4v) is 3.30. The summed E-state index contributed by atoms with van der Waals surface area (Å²) in [5.74, 6) is -0.0595. The van der Waals surface area contributed by atoms with Crippen molar-refractivity contribution >= 4 is 23.2 Å². The van der Waals surface area contributed by atoms with Gasteiger partial charge in [0.15, 0.2) is 5.71 Å². The average molecular weight is 385 g/mol. The van der Waals surface area contributed by atoms with E-state index in [1.54, 1.807) is 37.4 Å². The Labute approximate surface area is 168 Å². The molecule has 0 bridgehead atoms. The molecule has 0 saturated carbocycles. The molecule has 2 amide bonds. The van der Waals surface area contributed by atoms with Crippen LogP contribution in [0.1, 0.15) is 27.0 Å². The van der Waals surface area contributed by atoms with Crippen molar-refractivity contribution in [1.82, 2.24) is 5.43 Å². The number of benzene rings is 3. The molecule has 0 aromatic heterocycles. The maximum Gasteiger partial charge on any atom is 0.276 e. The summed E-state index contributed by atoms with van der Waals surface area (Å²) < 4.78 is 5.51. The molecule has 0 fully saturated rings. The molecule has 0 spiro atoms. The summed E-state index contributed by atoms with van der Waals surface area (Å²) in [5, 5.41) is 6.96. The highest BCUT2D eigenvalue weighted by Crippen LogP contribution is 2.36. The van der Waals surface area contributed by atoms with Gasteiger partial charge in [-0.3, -0.25) is 9.59 Å². The summed E-state index contributed by atoms with van der Waals surface area (Å²) >= 11 is 0. The molecule has 6 nitrogen and oxygen atoms in total. The van der Waals surface area contributed by atoms with E-state index in [4.69, 9.17) is 4.74 Å². The van der Waals surface area contributed by atoms with Crippen LogP contribution in [0.25, 0.3) is 0 Å². The van der Waals surface area contributed by atoms with Crippen molar-refractivity contribution in [2.45, 2.75) is 6.42 Å². The largest absolute Gasteiger partial charge is 0.496 e. The van der Waals surface area contributed by atoms with Crippen LogP contribution in [0.3, 0.4) is 0 Å². The molecule has 2 N–H and O–H groups in total. The number of amides is 2. The second-order valence-corrected chi connectivity index (χ2v) is 6.55. The zero-order valence-electron chi connectivity index (χ0n) is 15.8. The van der Waals surface area contributed by atoms with Gasteiger partial charge in [0, 0.05) is 23.1 Å². The van der Waals surface area contributed by atoms with Crippen LogP contribution in [0.5, 0.6) is 5.75 Å². The molecule has 0 saturated heterocycles. The van der Waals surface area contributed by atoms with Gasteiger partial charge in [-0.2, -0.15) is 5.10 Å². The van der Waals surface area contributed by atoms with Crippen LogP contribution in [-0.2, 0) is 11.2 Å². The summed E-state index contributed by atoms with van der Waals surface area (Å²) in [4.78, 5) is 24.8. The van der Waals surface area contributed by atoms with Gasteiger partial charge in [-0.25, -0.2) is 5.43 Å². The third kappa shape index (κ3) is 3.73. The standard InChI is InChI=1S/C23H19N3O3/c1-29-19-13-12-17-20(18(19)14-15-8-4-2-5-9-15)24-23(28)21(17)25-26-22(27)16-10-6-3-7-11-16/h2-13H,14H2,1H3,(H,26,27)(H,24,25,28). The minimum absolute atomic E-state index is 0.168. The van der Waals surface area contributed by atoms with Crippen LogP contribution >= 0.6 is 0 Å². The lowest BCUT2D eigenvalue weighted by Crippen LogP contribution is -2.23. The predicted octanol–water partition coefficient (Wildman–Crippen LogP) is 3.37. The quantitative estimate of drug-likeness (QED) is 0.661. The van der Waals surface area contributed by atoms with Gasteiger partial charge < -0.3 is 10.1 Å². The van der Waals surface area contributed by atoms with Gasteiger partial charge in [0.25, 0.3) is 11.8 Å². The van der Waals surface area contributed by atoms with E-state index in [1.807, 2.05) is 42.5 Å². The zero-order valence-corrected chi connectivity index (χ0v) is 15.8. The van der Waals surface area contributed by atoms with Crippen LogP contribution in [0.15, 0.2) is 77.9 Å². The highest BCUT2D eigenvalue weighted by atomic mass is 16.5. The molecule has 0 radical (unpaired) electrons. The van der Waals surface area contributed by atoms with E-state index < -0.39 is 0 Å². The van der Waals surface area contributed by atoms with E-state index in [0.717, 1.165) is 11.1 Å². The lowest BCUT2D eigenvalue weighted by molar-refractivity contribution is -0.110. The van der Waals surface area contributed by atoms with E-state index in [2.05, 4.69) is 15.8 Å². The molecule has 144 valence electrons. The van der Waals surface area contributed by atoms with E-state index >= 15 is 0 Å². The van der Waals surface area contributed by atoms with Gasteiger partial charge in [-0.05, 0) is 29.8 Å². The third-order valence-corrected chi connectivity index (χ3v) is 4.73. The van der Waals surface area contributed by atoms with Crippen LogP contribution in [0, 0.1) is 0 Å². The molecule has 0 unspecified atom stereocenters. The first-order valence-corrected chi connectivity index (χ1v) is 9.16. The van der Waals surface area contributed by atoms with Crippen molar-refractivity contribution in [3.63, 3.8) is 0 Å². The van der Waals surface area contributed by atoms with Crippen molar-refractivity contribution in [2.75, 3.05) is 12.4 Å². The monoisotopic (exact) mass is 385 g/mol. The van der Waals surface area contributed by atoms with Crippen molar-refractivity contribution < 1.29 is 14.3 Å². The van der Waals surface area contributed by atoms with E-state index in [1.165, 1.54) is 0 Å². The Morgan fingerprint density at radius 2 is 1.69 bits per heavy atom. The Morgan fingerprint density at radius 1 is 1.00 bits per heavy atom. The SMILES string of the molecule is COc1ccc2c(c1Cc1ccccc1)NC(=O)/C2=N\NC(=O)c1ccccc1. The smallest absolute Gasteiger partial charge is 0.276 e. The molecular formula is C23H19N3O3. The van der Waals surface area contributed by atoms with Crippen LogP contribution in [0.2, 0.25) is 0 Å². The van der Waals surface area contributed by atoms with Gasteiger partial charge in [0.05, 0.1) is 12.8 Å². The molecule has 0 aliphatic carbocycles. The van der Waals surface area contributed by atoms with E-state index in [0.29, 0.717) is 29.0 Å². The lowest BCUT2D eigenvalue weighted by Gasteiger charge is -2.13. The van der Waals surface area contributed by atoms with Gasteiger partial charge >= 0.3 is 0 Å². The molecule has 29 heavy (non-hydrogen) atoms. The Balaban J connectivity index is 1.67.